The third-order valence-corrected chi connectivity index (χ3v) is 4.16. The average Bonchev–Trinajstić information content (AvgIpc) is 2.71. The average molecular weight is 207 g/mol. The van der Waals surface area contributed by atoms with Crippen molar-refractivity contribution in [3.05, 3.63) is 12.2 Å². The molecule has 2 fully saturated rings. The second kappa shape index (κ2) is 5.16. The molecule has 0 aromatic rings. The summed E-state index contributed by atoms with van der Waals surface area (Å²) in [5.74, 6) is 0.934. The van der Waals surface area contributed by atoms with Crippen molar-refractivity contribution < 1.29 is 0 Å². The molecule has 2 aliphatic heterocycles. The molecule has 0 amide bonds. The van der Waals surface area contributed by atoms with Gasteiger partial charge in [-0.2, -0.15) is 0 Å². The van der Waals surface area contributed by atoms with Crippen LogP contribution in [0.15, 0.2) is 12.2 Å². The van der Waals surface area contributed by atoms with Crippen LogP contribution in [0.4, 0.5) is 0 Å². The second-order valence-corrected chi connectivity index (χ2v) is 5.29. The Hall–Kier alpha value is -0.300. The fourth-order valence-electron chi connectivity index (χ4n) is 3.26. The molecule has 2 rings (SSSR count). The standard InChI is InChI=1S/C14H25N/c1-3-4-5-7-13-10-9-12(2)14-8-6-11-15(13)14/h5,7,12-14H,3-4,6,8-11H2,1-2H3/b7-5+/t12-,13-,14+/m1/s1. The van der Waals surface area contributed by atoms with Crippen molar-refractivity contribution in [3.63, 3.8) is 0 Å². The molecule has 0 N–H and O–H groups in total. The first-order valence-electron chi connectivity index (χ1n) is 6.75. The Labute approximate surface area is 94.5 Å². The van der Waals surface area contributed by atoms with Crippen LogP contribution in [0.2, 0.25) is 0 Å². The maximum atomic E-state index is 2.76. The Balaban J connectivity index is 1.95. The summed E-state index contributed by atoms with van der Waals surface area (Å²) in [6.07, 6.45) is 13.1. The SMILES string of the molecule is CCC/C=C/[C@@H]1CC[C@@H](C)[C@@H]2CCCN12. The number of rotatable bonds is 3. The minimum Gasteiger partial charge on any atom is -0.294 e. The van der Waals surface area contributed by atoms with Crippen molar-refractivity contribution in [2.75, 3.05) is 6.54 Å². The highest BCUT2D eigenvalue weighted by Gasteiger charge is 2.36. The molecule has 0 unspecified atom stereocenters. The van der Waals surface area contributed by atoms with E-state index in [1.165, 1.54) is 45.1 Å². The Morgan fingerprint density at radius 1 is 1.27 bits per heavy atom. The molecule has 2 saturated heterocycles. The zero-order valence-corrected chi connectivity index (χ0v) is 10.3. The van der Waals surface area contributed by atoms with Gasteiger partial charge in [0, 0.05) is 12.1 Å². The molecule has 0 spiro atoms. The van der Waals surface area contributed by atoms with Crippen LogP contribution in [0.5, 0.6) is 0 Å². The van der Waals surface area contributed by atoms with Crippen molar-refractivity contribution in [3.8, 4) is 0 Å². The zero-order valence-electron chi connectivity index (χ0n) is 10.3. The molecule has 1 nitrogen and oxygen atoms in total. The van der Waals surface area contributed by atoms with Crippen LogP contribution >= 0.6 is 0 Å². The van der Waals surface area contributed by atoms with E-state index in [1.807, 2.05) is 0 Å². The van der Waals surface area contributed by atoms with Crippen LogP contribution in [0.3, 0.4) is 0 Å². The van der Waals surface area contributed by atoms with Crippen molar-refractivity contribution >= 4 is 0 Å². The van der Waals surface area contributed by atoms with Gasteiger partial charge >= 0.3 is 0 Å². The summed E-state index contributed by atoms with van der Waals surface area (Å²) in [5.41, 5.74) is 0. The third-order valence-electron chi connectivity index (χ3n) is 4.16. The fourth-order valence-corrected chi connectivity index (χ4v) is 3.26. The van der Waals surface area contributed by atoms with E-state index in [0.29, 0.717) is 0 Å². The van der Waals surface area contributed by atoms with Crippen LogP contribution in [0.25, 0.3) is 0 Å². The van der Waals surface area contributed by atoms with Gasteiger partial charge in [-0.05, 0) is 44.6 Å². The van der Waals surface area contributed by atoms with E-state index in [1.54, 1.807) is 0 Å². The van der Waals surface area contributed by atoms with Gasteiger partial charge in [0.2, 0.25) is 0 Å². The van der Waals surface area contributed by atoms with Gasteiger partial charge < -0.3 is 0 Å². The number of hydrogen-bond donors (Lipinski definition) is 0. The van der Waals surface area contributed by atoms with Crippen molar-refractivity contribution in [2.24, 2.45) is 5.92 Å². The summed E-state index contributed by atoms with van der Waals surface area (Å²) in [4.78, 5) is 2.76. The number of nitrogens with zero attached hydrogens (tertiary/aromatic N) is 1. The molecule has 0 aromatic heterocycles. The fraction of sp³-hybridized carbons (Fsp3) is 0.857. The maximum Gasteiger partial charge on any atom is 0.0281 e. The van der Waals surface area contributed by atoms with Crippen LogP contribution in [-0.2, 0) is 0 Å². The maximum absolute atomic E-state index is 2.76. The van der Waals surface area contributed by atoms with E-state index >= 15 is 0 Å². The first-order chi connectivity index (χ1) is 7.33. The first kappa shape index (κ1) is 11.2. The summed E-state index contributed by atoms with van der Waals surface area (Å²) in [6, 6.07) is 1.66. The monoisotopic (exact) mass is 207 g/mol. The minimum atomic E-state index is 0.764. The summed E-state index contributed by atoms with van der Waals surface area (Å²) in [7, 11) is 0. The highest BCUT2D eigenvalue weighted by Crippen LogP contribution is 2.35. The summed E-state index contributed by atoms with van der Waals surface area (Å²) in [6.45, 7) is 6.04. The van der Waals surface area contributed by atoms with E-state index < -0.39 is 0 Å². The third kappa shape index (κ3) is 2.44. The van der Waals surface area contributed by atoms with Gasteiger partial charge in [-0.1, -0.05) is 32.4 Å². The minimum absolute atomic E-state index is 0.764. The molecule has 0 aliphatic carbocycles. The van der Waals surface area contributed by atoms with E-state index in [-0.39, 0.29) is 0 Å². The number of piperidine rings is 1. The van der Waals surface area contributed by atoms with Crippen molar-refractivity contribution in [1.29, 1.82) is 0 Å². The molecule has 0 aromatic carbocycles. The lowest BCUT2D eigenvalue weighted by Gasteiger charge is -2.40. The largest absolute Gasteiger partial charge is 0.294 e. The van der Waals surface area contributed by atoms with Gasteiger partial charge in [-0.3, -0.25) is 4.90 Å². The lowest BCUT2D eigenvalue weighted by molar-refractivity contribution is 0.106. The van der Waals surface area contributed by atoms with Gasteiger partial charge in [0.15, 0.2) is 0 Å². The summed E-state index contributed by atoms with van der Waals surface area (Å²) >= 11 is 0. The molecule has 86 valence electrons. The molecule has 0 bridgehead atoms. The van der Waals surface area contributed by atoms with E-state index in [4.69, 9.17) is 0 Å². The highest BCUT2D eigenvalue weighted by atomic mass is 15.2. The molecular formula is C14H25N. The molecule has 2 aliphatic rings. The van der Waals surface area contributed by atoms with Gasteiger partial charge in [-0.25, -0.2) is 0 Å². The van der Waals surface area contributed by atoms with E-state index in [0.717, 1.165) is 18.0 Å². The quantitative estimate of drug-likeness (QED) is 0.639. The van der Waals surface area contributed by atoms with Crippen molar-refractivity contribution in [1.82, 2.24) is 4.90 Å². The molecule has 15 heavy (non-hydrogen) atoms. The van der Waals surface area contributed by atoms with Crippen LogP contribution in [0.1, 0.15) is 52.4 Å². The van der Waals surface area contributed by atoms with Gasteiger partial charge in [-0.15, -0.1) is 0 Å². The molecule has 0 saturated carbocycles. The Morgan fingerprint density at radius 2 is 2.13 bits per heavy atom. The number of fused-ring (bicyclic) bond motifs is 1. The number of hydrogen-bond acceptors (Lipinski definition) is 1. The van der Waals surface area contributed by atoms with Gasteiger partial charge in [0.1, 0.15) is 0 Å². The topological polar surface area (TPSA) is 3.24 Å². The second-order valence-electron chi connectivity index (χ2n) is 5.29. The van der Waals surface area contributed by atoms with Crippen molar-refractivity contribution in [2.45, 2.75) is 64.5 Å². The Bertz CT molecular complexity index is 221. The lowest BCUT2D eigenvalue weighted by Crippen LogP contribution is -2.45. The van der Waals surface area contributed by atoms with Crippen LogP contribution in [0, 0.1) is 5.92 Å². The zero-order chi connectivity index (χ0) is 10.7. The predicted molar refractivity (Wildman–Crippen MR) is 66.0 cm³/mol. The number of allylic oxidation sites excluding steroid dienone is 1. The summed E-state index contributed by atoms with van der Waals surface area (Å²) < 4.78 is 0. The smallest absolute Gasteiger partial charge is 0.0281 e. The predicted octanol–water partition coefficient (Wildman–Crippen LogP) is 3.61. The van der Waals surface area contributed by atoms with Gasteiger partial charge in [0.05, 0.1) is 0 Å². The highest BCUT2D eigenvalue weighted by molar-refractivity contribution is 5.02. The normalized spacial score (nSPS) is 37.3. The summed E-state index contributed by atoms with van der Waals surface area (Å²) in [5, 5.41) is 0. The first-order valence-corrected chi connectivity index (χ1v) is 6.75. The van der Waals surface area contributed by atoms with Crippen LogP contribution in [-0.4, -0.2) is 23.5 Å². The van der Waals surface area contributed by atoms with Gasteiger partial charge in [0.25, 0.3) is 0 Å². The lowest BCUT2D eigenvalue weighted by atomic mass is 9.87. The molecule has 2 heterocycles. The molecule has 1 heteroatoms. The molecule has 3 atom stereocenters. The van der Waals surface area contributed by atoms with E-state index in [9.17, 15) is 0 Å². The molecule has 0 radical (unpaired) electrons. The Kier molecular flexibility index (Phi) is 3.85. The van der Waals surface area contributed by atoms with E-state index in [2.05, 4.69) is 30.9 Å². The number of unbranched alkanes of at least 4 members (excludes halogenated alkanes) is 1. The van der Waals surface area contributed by atoms with Crippen LogP contribution < -0.4 is 0 Å². The molecular weight excluding hydrogens is 182 g/mol. The Morgan fingerprint density at radius 3 is 2.93 bits per heavy atom.